The number of halogens is 1. The zero-order chi connectivity index (χ0) is 21.1. The number of hydrogen-bond acceptors (Lipinski definition) is 5. The van der Waals surface area contributed by atoms with Crippen LogP contribution in [0.3, 0.4) is 0 Å². The van der Waals surface area contributed by atoms with Crippen molar-refractivity contribution >= 4 is 5.91 Å². The van der Waals surface area contributed by atoms with E-state index in [0.717, 1.165) is 40.4 Å². The topological polar surface area (TPSA) is 68.5 Å². The Hall–Kier alpha value is -3.06. The second kappa shape index (κ2) is 8.75. The third-order valence-corrected chi connectivity index (χ3v) is 5.30. The van der Waals surface area contributed by atoms with Gasteiger partial charge in [-0.2, -0.15) is 0 Å². The van der Waals surface area contributed by atoms with Gasteiger partial charge in [0.2, 0.25) is 5.91 Å². The maximum Gasteiger partial charge on any atom is 0.227 e. The number of amides is 1. The molecule has 0 radical (unpaired) electrons. The van der Waals surface area contributed by atoms with Gasteiger partial charge in [0, 0.05) is 13.0 Å². The fraction of sp³-hybridized carbons (Fsp3) is 0.348. The van der Waals surface area contributed by atoms with E-state index in [4.69, 9.17) is 14.2 Å². The van der Waals surface area contributed by atoms with Crippen molar-refractivity contribution in [2.75, 3.05) is 19.7 Å². The predicted molar refractivity (Wildman–Crippen MR) is 109 cm³/mol. The average Bonchev–Trinajstić information content (AvgIpc) is 3.16. The maximum atomic E-state index is 13.1. The molecule has 0 spiro atoms. The Morgan fingerprint density at radius 2 is 2.03 bits per heavy atom. The first-order chi connectivity index (χ1) is 14.5. The van der Waals surface area contributed by atoms with Crippen LogP contribution in [-0.2, 0) is 22.4 Å². The number of benzene rings is 1. The Bertz CT molecular complexity index is 1030. The van der Waals surface area contributed by atoms with E-state index in [0.29, 0.717) is 19.7 Å². The Labute approximate surface area is 174 Å². The quantitative estimate of drug-likeness (QED) is 0.640. The first-order valence-corrected chi connectivity index (χ1v) is 10.1. The molecule has 1 fully saturated rings. The van der Waals surface area contributed by atoms with E-state index in [9.17, 15) is 9.18 Å². The van der Waals surface area contributed by atoms with Crippen molar-refractivity contribution in [1.29, 1.82) is 0 Å². The van der Waals surface area contributed by atoms with E-state index in [-0.39, 0.29) is 24.2 Å². The van der Waals surface area contributed by atoms with Gasteiger partial charge in [-0.3, -0.25) is 4.79 Å². The lowest BCUT2D eigenvalue weighted by Crippen LogP contribution is -2.43. The lowest BCUT2D eigenvalue weighted by atomic mass is 10.1. The molecule has 0 aliphatic carbocycles. The molecule has 2 aromatic heterocycles. The van der Waals surface area contributed by atoms with Crippen molar-refractivity contribution in [2.45, 2.75) is 32.8 Å². The van der Waals surface area contributed by atoms with Gasteiger partial charge >= 0.3 is 0 Å². The van der Waals surface area contributed by atoms with Crippen molar-refractivity contribution in [3.8, 4) is 11.3 Å². The Kier molecular flexibility index (Phi) is 5.90. The van der Waals surface area contributed by atoms with Crippen LogP contribution >= 0.6 is 0 Å². The molecule has 30 heavy (non-hydrogen) atoms. The summed E-state index contributed by atoms with van der Waals surface area (Å²) in [5.74, 6) is 0.491. The molecule has 4 rings (SSSR count). The van der Waals surface area contributed by atoms with Crippen LogP contribution in [0.1, 0.15) is 35.7 Å². The fourth-order valence-corrected chi connectivity index (χ4v) is 3.70. The van der Waals surface area contributed by atoms with Gasteiger partial charge in [-0.1, -0.05) is 30.3 Å². The molecule has 0 N–H and O–H groups in total. The molecule has 3 heterocycles. The van der Waals surface area contributed by atoms with Gasteiger partial charge in [-0.05, 0) is 36.8 Å². The Balaban J connectivity index is 1.50. The molecule has 0 saturated carbocycles. The molecule has 7 heteroatoms. The van der Waals surface area contributed by atoms with E-state index in [1.54, 1.807) is 17.0 Å². The summed E-state index contributed by atoms with van der Waals surface area (Å²) in [6, 6.07) is 11.8. The van der Waals surface area contributed by atoms with E-state index in [1.807, 2.05) is 32.0 Å². The molecule has 0 bridgehead atoms. The normalized spacial score (nSPS) is 16.6. The number of morpholine rings is 1. The number of ether oxygens (including phenoxy) is 1. The van der Waals surface area contributed by atoms with Crippen molar-refractivity contribution in [3.05, 3.63) is 71.0 Å². The second-order valence-electron chi connectivity index (χ2n) is 7.37. The highest BCUT2D eigenvalue weighted by molar-refractivity contribution is 5.79. The van der Waals surface area contributed by atoms with Crippen molar-refractivity contribution < 1.29 is 18.4 Å². The third kappa shape index (κ3) is 4.26. The van der Waals surface area contributed by atoms with E-state index >= 15 is 0 Å². The molecular weight excluding hydrogens is 385 g/mol. The summed E-state index contributed by atoms with van der Waals surface area (Å²) in [4.78, 5) is 19.3. The van der Waals surface area contributed by atoms with E-state index < -0.39 is 0 Å². The highest BCUT2D eigenvalue weighted by Crippen LogP contribution is 2.29. The maximum absolute atomic E-state index is 13.1. The number of hydrogen-bond donors (Lipinski definition) is 0. The molecule has 1 unspecified atom stereocenters. The van der Waals surface area contributed by atoms with Gasteiger partial charge in [-0.25, -0.2) is 9.37 Å². The van der Waals surface area contributed by atoms with Gasteiger partial charge in [0.15, 0.2) is 0 Å². The predicted octanol–water partition coefficient (Wildman–Crippen LogP) is 3.89. The number of carbonyl (C=O) groups excluding carboxylic acids is 1. The Morgan fingerprint density at radius 3 is 2.80 bits per heavy atom. The molecule has 1 aromatic carbocycles. The first kappa shape index (κ1) is 20.2. The molecule has 1 atom stereocenters. The summed E-state index contributed by atoms with van der Waals surface area (Å²) < 4.78 is 24.4. The van der Waals surface area contributed by atoms with Crippen molar-refractivity contribution in [2.24, 2.45) is 0 Å². The van der Waals surface area contributed by atoms with Crippen LogP contribution in [0.2, 0.25) is 0 Å². The summed E-state index contributed by atoms with van der Waals surface area (Å²) in [5, 5.41) is 4.06. The number of carbonyl (C=O) groups is 1. The number of rotatable bonds is 5. The minimum absolute atomic E-state index is 0.00536. The van der Waals surface area contributed by atoms with Gasteiger partial charge in [0.05, 0.1) is 42.2 Å². The minimum atomic E-state index is -0.308. The van der Waals surface area contributed by atoms with Crippen LogP contribution < -0.4 is 0 Å². The molecule has 1 aliphatic rings. The lowest BCUT2D eigenvalue weighted by Gasteiger charge is -2.33. The molecule has 6 nitrogen and oxygen atoms in total. The van der Waals surface area contributed by atoms with Gasteiger partial charge < -0.3 is 14.2 Å². The molecule has 156 valence electrons. The summed E-state index contributed by atoms with van der Waals surface area (Å²) >= 11 is 0. The van der Waals surface area contributed by atoms with Crippen LogP contribution in [0, 0.1) is 12.7 Å². The number of nitrogens with zero attached hydrogens (tertiary/aromatic N) is 3. The largest absolute Gasteiger partial charge is 0.368 e. The van der Waals surface area contributed by atoms with Crippen LogP contribution in [0.4, 0.5) is 4.39 Å². The average molecular weight is 409 g/mol. The van der Waals surface area contributed by atoms with Gasteiger partial charge in [0.1, 0.15) is 17.7 Å². The molecule has 1 saturated heterocycles. The SMILES string of the molecule is CCc1onc(C)c1-c1cccc(C2CN(C(=O)Cc3ccc(F)cc3)CCO2)n1. The van der Waals surface area contributed by atoms with Crippen molar-refractivity contribution in [3.63, 3.8) is 0 Å². The molecule has 1 aliphatic heterocycles. The third-order valence-electron chi connectivity index (χ3n) is 5.30. The summed E-state index contributed by atoms with van der Waals surface area (Å²) in [6.45, 7) is 5.32. The molecule has 1 amide bonds. The molecule has 3 aromatic rings. The minimum Gasteiger partial charge on any atom is -0.368 e. The molecular formula is C23H24FN3O3. The fourth-order valence-electron chi connectivity index (χ4n) is 3.70. The standard InChI is InChI=1S/C23H24FN3O3/c1-3-20-23(15(2)26-30-20)19-6-4-5-18(25-19)21-14-27(11-12-29-21)22(28)13-16-7-9-17(24)10-8-16/h4-10,21H,3,11-14H2,1-2H3. The lowest BCUT2D eigenvalue weighted by molar-refractivity contribution is -0.138. The number of aromatic nitrogens is 2. The van der Waals surface area contributed by atoms with Crippen LogP contribution in [0.5, 0.6) is 0 Å². The summed E-state index contributed by atoms with van der Waals surface area (Å²) in [7, 11) is 0. The van der Waals surface area contributed by atoms with Crippen LogP contribution in [0.15, 0.2) is 47.0 Å². The monoisotopic (exact) mass is 409 g/mol. The number of aryl methyl sites for hydroxylation is 2. The van der Waals surface area contributed by atoms with Crippen molar-refractivity contribution in [1.82, 2.24) is 15.0 Å². The second-order valence-corrected chi connectivity index (χ2v) is 7.37. The number of pyridine rings is 1. The zero-order valence-electron chi connectivity index (χ0n) is 17.1. The van der Waals surface area contributed by atoms with Gasteiger partial charge in [0.25, 0.3) is 0 Å². The smallest absolute Gasteiger partial charge is 0.227 e. The summed E-state index contributed by atoms with van der Waals surface area (Å²) in [5.41, 5.74) is 4.08. The van der Waals surface area contributed by atoms with E-state index in [1.165, 1.54) is 12.1 Å². The van der Waals surface area contributed by atoms with Crippen LogP contribution in [0.25, 0.3) is 11.3 Å². The van der Waals surface area contributed by atoms with E-state index in [2.05, 4.69) is 5.16 Å². The highest BCUT2D eigenvalue weighted by atomic mass is 19.1. The zero-order valence-corrected chi connectivity index (χ0v) is 17.1. The highest BCUT2D eigenvalue weighted by Gasteiger charge is 2.27. The first-order valence-electron chi connectivity index (χ1n) is 10.1. The van der Waals surface area contributed by atoms with Gasteiger partial charge in [-0.15, -0.1) is 0 Å². The van der Waals surface area contributed by atoms with Crippen LogP contribution in [-0.4, -0.2) is 40.6 Å². The summed E-state index contributed by atoms with van der Waals surface area (Å²) in [6.07, 6.45) is 0.662. The Morgan fingerprint density at radius 1 is 1.23 bits per heavy atom.